The highest BCUT2D eigenvalue weighted by Crippen LogP contribution is 2.39. The van der Waals surface area contributed by atoms with Gasteiger partial charge in [-0.25, -0.2) is 9.79 Å². The Morgan fingerprint density at radius 2 is 2.03 bits per heavy atom. The number of nitrogens with zero attached hydrogens (tertiary/aromatic N) is 2. The zero-order valence-electron chi connectivity index (χ0n) is 20.6. The average Bonchev–Trinajstić information content (AvgIpc) is 3.47. The Labute approximate surface area is 225 Å². The molecule has 0 bridgehead atoms. The number of rotatable bonds is 7. The number of carbonyl (C=O) groups is 1. The van der Waals surface area contributed by atoms with Gasteiger partial charge in [0, 0.05) is 10.0 Å². The fourth-order valence-electron chi connectivity index (χ4n) is 4.48. The molecule has 5 rings (SSSR count). The summed E-state index contributed by atoms with van der Waals surface area (Å²) in [5.74, 6) is 1.34. The summed E-state index contributed by atoms with van der Waals surface area (Å²) in [6, 6.07) is 10.3. The van der Waals surface area contributed by atoms with E-state index in [-0.39, 0.29) is 19.0 Å². The van der Waals surface area contributed by atoms with Gasteiger partial charge in [-0.3, -0.25) is 9.36 Å². The first-order valence-electron chi connectivity index (χ1n) is 11.9. The third kappa shape index (κ3) is 4.71. The van der Waals surface area contributed by atoms with Crippen molar-refractivity contribution in [1.82, 2.24) is 4.57 Å². The maximum Gasteiger partial charge on any atom is 0.338 e. The summed E-state index contributed by atoms with van der Waals surface area (Å²) >= 11 is 4.77. The molecule has 0 saturated carbocycles. The molecule has 0 amide bonds. The van der Waals surface area contributed by atoms with Crippen LogP contribution in [0, 0.1) is 0 Å². The lowest BCUT2D eigenvalue weighted by atomic mass is 9.94. The number of thiazole rings is 1. The van der Waals surface area contributed by atoms with Crippen LogP contribution in [0.5, 0.6) is 17.2 Å². The van der Waals surface area contributed by atoms with Gasteiger partial charge in [0.1, 0.15) is 5.75 Å². The molecule has 3 aromatic rings. The van der Waals surface area contributed by atoms with Gasteiger partial charge in [-0.2, -0.15) is 0 Å². The Hall–Kier alpha value is -3.37. The molecule has 37 heavy (non-hydrogen) atoms. The van der Waals surface area contributed by atoms with Crippen LogP contribution in [0.1, 0.15) is 43.9 Å². The molecule has 2 aromatic carbocycles. The molecule has 192 valence electrons. The van der Waals surface area contributed by atoms with Crippen molar-refractivity contribution >= 4 is 39.3 Å². The molecular formula is C27H25BrN2O6S. The van der Waals surface area contributed by atoms with Crippen LogP contribution in [0.4, 0.5) is 0 Å². The summed E-state index contributed by atoms with van der Waals surface area (Å²) in [5.41, 5.74) is 2.19. The lowest BCUT2D eigenvalue weighted by Crippen LogP contribution is -2.40. The number of benzene rings is 2. The lowest BCUT2D eigenvalue weighted by Gasteiger charge is -2.25. The van der Waals surface area contributed by atoms with Gasteiger partial charge in [-0.15, -0.1) is 0 Å². The molecule has 0 fully saturated rings. The molecule has 1 aromatic heterocycles. The predicted molar refractivity (Wildman–Crippen MR) is 143 cm³/mol. The molecule has 8 nitrogen and oxygen atoms in total. The summed E-state index contributed by atoms with van der Waals surface area (Å²) in [6.45, 7) is 4.12. The van der Waals surface area contributed by atoms with Crippen LogP contribution < -0.4 is 29.1 Å². The van der Waals surface area contributed by atoms with Gasteiger partial charge in [0.15, 0.2) is 16.3 Å². The van der Waals surface area contributed by atoms with Crippen molar-refractivity contribution in [2.24, 2.45) is 4.99 Å². The van der Waals surface area contributed by atoms with Crippen LogP contribution in [-0.4, -0.2) is 31.0 Å². The number of hydrogen-bond donors (Lipinski definition) is 0. The second-order valence-electron chi connectivity index (χ2n) is 8.41. The van der Waals surface area contributed by atoms with Gasteiger partial charge in [0.2, 0.25) is 6.79 Å². The molecule has 0 spiro atoms. The molecule has 0 N–H and O–H groups in total. The number of aromatic nitrogens is 1. The normalized spacial score (nSPS) is 16.4. The highest BCUT2D eigenvalue weighted by Gasteiger charge is 2.35. The van der Waals surface area contributed by atoms with E-state index in [1.807, 2.05) is 37.3 Å². The highest BCUT2D eigenvalue weighted by molar-refractivity contribution is 9.10. The van der Waals surface area contributed by atoms with Gasteiger partial charge in [-0.05, 0) is 55.3 Å². The van der Waals surface area contributed by atoms with Crippen LogP contribution in [-0.2, 0) is 9.53 Å². The Bertz CT molecular complexity index is 1590. The molecule has 0 aliphatic carbocycles. The standard InChI is InChI=1S/C27H25BrN2O6S/c1-4-6-18-23(26(32)34-5-2)24(15-7-9-20-21(12-15)36-14-35-20)30-25(31)22(37-27(30)29-18)13-16-11-17(28)8-10-19(16)33-3/h7-13,24H,4-6,14H2,1-3H3/b22-13-. The smallest absolute Gasteiger partial charge is 0.338 e. The number of halogens is 1. The van der Waals surface area contributed by atoms with Crippen molar-refractivity contribution in [3.8, 4) is 17.2 Å². The number of hydrogen-bond acceptors (Lipinski definition) is 8. The van der Waals surface area contributed by atoms with E-state index < -0.39 is 12.0 Å². The molecule has 2 aliphatic rings. The van der Waals surface area contributed by atoms with Gasteiger partial charge in [0.05, 0.1) is 35.6 Å². The Balaban J connectivity index is 1.77. The maximum atomic E-state index is 13.9. The largest absolute Gasteiger partial charge is 0.496 e. The fourth-order valence-corrected chi connectivity index (χ4v) is 5.87. The van der Waals surface area contributed by atoms with Crippen molar-refractivity contribution < 1.29 is 23.7 Å². The van der Waals surface area contributed by atoms with E-state index in [1.165, 1.54) is 11.3 Å². The highest BCUT2D eigenvalue weighted by atomic mass is 79.9. The second-order valence-corrected chi connectivity index (χ2v) is 10.3. The van der Waals surface area contributed by atoms with Gasteiger partial charge < -0.3 is 18.9 Å². The van der Waals surface area contributed by atoms with E-state index in [0.717, 1.165) is 16.5 Å². The molecular weight excluding hydrogens is 560 g/mol. The van der Waals surface area contributed by atoms with Gasteiger partial charge >= 0.3 is 5.97 Å². The van der Waals surface area contributed by atoms with Crippen LogP contribution >= 0.6 is 27.3 Å². The van der Waals surface area contributed by atoms with Crippen LogP contribution in [0.25, 0.3) is 6.08 Å². The van der Waals surface area contributed by atoms with Gasteiger partial charge in [-0.1, -0.05) is 46.7 Å². The zero-order chi connectivity index (χ0) is 26.1. The van der Waals surface area contributed by atoms with Crippen molar-refractivity contribution in [1.29, 1.82) is 0 Å². The van der Waals surface area contributed by atoms with Crippen LogP contribution in [0.3, 0.4) is 0 Å². The minimum Gasteiger partial charge on any atom is -0.496 e. The minimum absolute atomic E-state index is 0.123. The first kappa shape index (κ1) is 25.3. The number of carbonyl (C=O) groups excluding carboxylic acids is 1. The van der Waals surface area contributed by atoms with Crippen molar-refractivity contribution in [3.63, 3.8) is 0 Å². The Morgan fingerprint density at radius 1 is 1.22 bits per heavy atom. The Morgan fingerprint density at radius 3 is 2.78 bits per heavy atom. The summed E-state index contributed by atoms with van der Waals surface area (Å²) < 4.78 is 24.9. The van der Waals surface area contributed by atoms with E-state index in [1.54, 1.807) is 30.7 Å². The van der Waals surface area contributed by atoms with E-state index in [9.17, 15) is 9.59 Å². The molecule has 3 heterocycles. The number of fused-ring (bicyclic) bond motifs is 2. The quantitative estimate of drug-likeness (QED) is 0.389. The number of methoxy groups -OCH3 is 1. The predicted octanol–water partition coefficient (Wildman–Crippen LogP) is 4.08. The molecule has 0 radical (unpaired) electrons. The minimum atomic E-state index is -0.724. The van der Waals surface area contributed by atoms with Gasteiger partial charge in [0.25, 0.3) is 5.56 Å². The zero-order valence-corrected chi connectivity index (χ0v) is 23.0. The van der Waals surface area contributed by atoms with E-state index in [0.29, 0.717) is 49.8 Å². The molecule has 2 aliphatic heterocycles. The summed E-state index contributed by atoms with van der Waals surface area (Å²) in [5, 5.41) is 0. The fraction of sp³-hybridized carbons (Fsp3) is 0.296. The maximum absolute atomic E-state index is 13.9. The van der Waals surface area contributed by atoms with E-state index in [4.69, 9.17) is 23.9 Å². The summed E-state index contributed by atoms with van der Waals surface area (Å²) in [4.78, 5) is 32.5. The van der Waals surface area contributed by atoms with Crippen LogP contribution in [0.2, 0.25) is 0 Å². The molecule has 10 heteroatoms. The third-order valence-electron chi connectivity index (χ3n) is 6.08. The lowest BCUT2D eigenvalue weighted by molar-refractivity contribution is -0.139. The topological polar surface area (TPSA) is 88.4 Å². The monoisotopic (exact) mass is 584 g/mol. The third-order valence-corrected chi connectivity index (χ3v) is 7.56. The molecule has 1 atom stereocenters. The SMILES string of the molecule is CCCC1=C(C(=O)OCC)C(c2ccc3c(c2)OCO3)n2c(s/c(=C\c3cc(Br)ccc3OC)c2=O)=N1. The first-order chi connectivity index (χ1) is 17.9. The molecule has 1 unspecified atom stereocenters. The van der Waals surface area contributed by atoms with E-state index in [2.05, 4.69) is 15.9 Å². The average molecular weight is 585 g/mol. The number of esters is 1. The van der Waals surface area contributed by atoms with Crippen LogP contribution in [0.15, 0.2) is 61.9 Å². The van der Waals surface area contributed by atoms with Crippen molar-refractivity contribution in [2.45, 2.75) is 32.7 Å². The summed E-state index contributed by atoms with van der Waals surface area (Å²) in [6.07, 6.45) is 3.14. The van der Waals surface area contributed by atoms with Crippen molar-refractivity contribution in [2.75, 3.05) is 20.5 Å². The second kappa shape index (κ2) is 10.5. The molecule has 0 saturated heterocycles. The van der Waals surface area contributed by atoms with Crippen molar-refractivity contribution in [3.05, 3.63) is 83.0 Å². The number of ether oxygens (including phenoxy) is 4. The number of allylic oxidation sites excluding steroid dienone is 1. The Kier molecular flexibility index (Phi) is 7.21. The summed E-state index contributed by atoms with van der Waals surface area (Å²) in [7, 11) is 1.59. The van der Waals surface area contributed by atoms with E-state index >= 15 is 0 Å². The first-order valence-corrected chi connectivity index (χ1v) is 13.5.